The van der Waals surface area contributed by atoms with Crippen LogP contribution in [0, 0.1) is 0 Å². The van der Waals surface area contributed by atoms with Crippen LogP contribution >= 0.6 is 7.82 Å². The summed E-state index contributed by atoms with van der Waals surface area (Å²) >= 11 is 0. The number of phosphoric acid groups is 1. The lowest BCUT2D eigenvalue weighted by Crippen LogP contribution is -2.68. The number of carbonyl (C=O) groups excluding carboxylic acids is 6. The van der Waals surface area contributed by atoms with Gasteiger partial charge in [-0.05, 0) is 51.4 Å². The van der Waals surface area contributed by atoms with Crippen LogP contribution in [0.25, 0.3) is 0 Å². The number of carbonyl (C=O) groups is 6. The zero-order chi connectivity index (χ0) is 87.2. The maximum absolute atomic E-state index is 15.1. The molecule has 2 heterocycles. The highest BCUT2D eigenvalue weighted by Gasteiger charge is 2.54. The summed E-state index contributed by atoms with van der Waals surface area (Å²) in [6.45, 7) is 11.2. The summed E-state index contributed by atoms with van der Waals surface area (Å²) in [5.41, 5.74) is 0. The van der Waals surface area contributed by atoms with Crippen molar-refractivity contribution in [2.45, 2.75) is 551 Å². The third kappa shape index (κ3) is 59.3. The number of ether oxygens (including phenoxy) is 7. The molecule has 9 N–H and O–H groups in total. The van der Waals surface area contributed by atoms with E-state index in [9.17, 15) is 63.9 Å². The smallest absolute Gasteiger partial charge is 0.462 e. The molecule has 2 amide bonds. The number of amides is 2. The second kappa shape index (κ2) is 74.8. The molecule has 14 atom stereocenters. The highest BCUT2D eigenvalue weighted by molar-refractivity contribution is 7.46. The number of nitrogens with one attached hydrogen (secondary N) is 2. The molecule has 0 saturated carbocycles. The minimum atomic E-state index is -5.62. The zero-order valence-electron chi connectivity index (χ0n) is 75.9. The Labute approximate surface area is 721 Å². The van der Waals surface area contributed by atoms with E-state index in [1.54, 1.807) is 0 Å². The lowest BCUT2D eigenvalue weighted by Gasteiger charge is -2.46. The van der Waals surface area contributed by atoms with Crippen molar-refractivity contribution in [1.29, 1.82) is 0 Å². The molecule has 700 valence electrons. The third-order valence-corrected chi connectivity index (χ3v) is 24.1. The number of phosphoric ester groups is 1. The molecule has 0 aromatic rings. The van der Waals surface area contributed by atoms with Crippen LogP contribution in [0.3, 0.4) is 0 Å². The summed E-state index contributed by atoms with van der Waals surface area (Å²) < 4.78 is 61.8. The largest absolute Gasteiger partial charge is 0.470 e. The quantitative estimate of drug-likeness (QED) is 0.0118. The van der Waals surface area contributed by atoms with Gasteiger partial charge < -0.3 is 79.1 Å². The van der Waals surface area contributed by atoms with Crippen molar-refractivity contribution in [2.24, 2.45) is 0 Å². The summed E-state index contributed by atoms with van der Waals surface area (Å²) in [7, 11) is -5.62. The average Bonchev–Trinajstić information content (AvgIpc) is 0.784. The Hall–Kier alpha value is -3.39. The molecule has 25 heteroatoms. The minimum Gasteiger partial charge on any atom is -0.462 e. The van der Waals surface area contributed by atoms with Crippen molar-refractivity contribution in [3.63, 3.8) is 0 Å². The van der Waals surface area contributed by atoms with Crippen molar-refractivity contribution in [3.05, 3.63) is 0 Å². The highest BCUT2D eigenvalue weighted by Crippen LogP contribution is 2.43. The van der Waals surface area contributed by atoms with Gasteiger partial charge >= 0.3 is 31.7 Å². The normalized spacial score (nSPS) is 20.5. The van der Waals surface area contributed by atoms with Gasteiger partial charge in [-0.3, -0.25) is 33.3 Å². The Bertz CT molecular complexity index is 2520. The van der Waals surface area contributed by atoms with Crippen molar-refractivity contribution < 1.29 is 106 Å². The molecule has 0 aromatic carbocycles. The van der Waals surface area contributed by atoms with Crippen molar-refractivity contribution in [1.82, 2.24) is 10.6 Å². The number of rotatable bonds is 82. The van der Waals surface area contributed by atoms with E-state index >= 15 is 4.79 Å². The second-order valence-electron chi connectivity index (χ2n) is 35.0. The van der Waals surface area contributed by atoms with E-state index in [0.29, 0.717) is 51.4 Å². The molecule has 4 unspecified atom stereocenters. The van der Waals surface area contributed by atoms with Crippen molar-refractivity contribution in [2.75, 3.05) is 13.2 Å². The monoisotopic (exact) mass is 1720 g/mol. The van der Waals surface area contributed by atoms with Gasteiger partial charge in [-0.2, -0.15) is 0 Å². The molecule has 119 heavy (non-hydrogen) atoms. The van der Waals surface area contributed by atoms with E-state index in [4.69, 9.17) is 37.7 Å². The first-order valence-electron chi connectivity index (χ1n) is 49.0. The number of hydrogen-bond donors (Lipinski definition) is 9. The molecule has 0 bridgehead atoms. The Morgan fingerprint density at radius 3 is 1.03 bits per heavy atom. The molecule has 0 radical (unpaired) electrons. The van der Waals surface area contributed by atoms with E-state index in [1.807, 2.05) is 0 Å². The fourth-order valence-electron chi connectivity index (χ4n) is 16.4. The number of aliphatic hydroxyl groups excluding tert-OH is 5. The van der Waals surface area contributed by atoms with Crippen LogP contribution in [0.2, 0.25) is 0 Å². The van der Waals surface area contributed by atoms with E-state index in [2.05, 4.69) is 52.2 Å². The van der Waals surface area contributed by atoms with Crippen LogP contribution in [0.4, 0.5) is 0 Å². The molecule has 2 aliphatic rings. The highest BCUT2D eigenvalue weighted by atomic mass is 31.2. The lowest BCUT2D eigenvalue weighted by atomic mass is 9.95. The van der Waals surface area contributed by atoms with E-state index < -0.39 is 168 Å². The van der Waals surface area contributed by atoms with Gasteiger partial charge in [-0.15, -0.1) is 0 Å². The van der Waals surface area contributed by atoms with Gasteiger partial charge in [-0.25, -0.2) is 4.57 Å². The second-order valence-corrected chi connectivity index (χ2v) is 36.1. The SMILES string of the molecule is CCCCCCCCCCCCCC(=O)O[C@H](CCCCCCCCCCC)CC(=O)O[C@@H]1C(NC(=O)C[C@@H](CCCCCCCCCCC)OC(=O)CCCCCCCCCCC)[C@H](OCC2O[C@@H](O)C(NC(=O)C[C@H](O)CCCCCCCCCCC)[C@@H](OC(=O)C[C@H](O)CCCCCCCCCCC)[C@@H]2O)OC(CO)[C@H]1OP(=O)(O)O. The van der Waals surface area contributed by atoms with Crippen molar-refractivity contribution >= 4 is 43.5 Å². The minimum absolute atomic E-state index is 0.111. The lowest BCUT2D eigenvalue weighted by molar-refractivity contribution is -0.298. The first-order valence-corrected chi connectivity index (χ1v) is 50.5. The van der Waals surface area contributed by atoms with E-state index in [1.165, 1.54) is 116 Å². The summed E-state index contributed by atoms with van der Waals surface area (Å²) in [4.78, 5) is 107. The summed E-state index contributed by atoms with van der Waals surface area (Å²) in [5, 5.41) is 63.2. The van der Waals surface area contributed by atoms with Gasteiger partial charge in [0.05, 0.1) is 51.1 Å². The predicted molar refractivity (Wildman–Crippen MR) is 470 cm³/mol. The van der Waals surface area contributed by atoms with Gasteiger partial charge in [-0.1, -0.05) is 375 Å². The molecular formula is C94H177N2O22P. The van der Waals surface area contributed by atoms with E-state index in [-0.39, 0.29) is 25.7 Å². The molecule has 24 nitrogen and oxygen atoms in total. The first kappa shape index (κ1) is 112. The standard InChI is InChI=1S/C94H177N2O22P/c1-7-13-19-25-31-37-38-44-50-56-62-68-84(103)113-78(66-60-54-48-42-35-29-23-17-11-5)72-86(105)117-92-88(96-82(101)71-77(65-59-53-47-41-34-28-22-16-10-4)112-83(102)67-61-55-49-43-36-30-24-18-12-6)94(115-79(73-97)90(92)118-119(108,109)110)111-74-80-89(106)91(116-85(104)70-76(99)64-58-52-46-40-33-27-21-15-9-3)87(93(107)114-80)95-81(100)69-75(98)63-57-51-45-39-32-26-20-14-8-2/h75-80,87-94,97-99,106-107H,7-74H2,1-6H3,(H,95,100)(H,96,101)(H2,108,109,110)/t75-,76-,77-,78-,79?,80?,87?,88?,89-,90-,91-,92-,93-,94-/m1/s1. The molecule has 0 aliphatic carbocycles. The van der Waals surface area contributed by atoms with Gasteiger partial charge in [0, 0.05) is 12.8 Å². The Morgan fingerprint density at radius 2 is 0.664 bits per heavy atom. The zero-order valence-corrected chi connectivity index (χ0v) is 76.8. The maximum Gasteiger partial charge on any atom is 0.470 e. The number of esters is 4. The van der Waals surface area contributed by atoms with Crippen LogP contribution in [-0.4, -0.2) is 170 Å². The van der Waals surface area contributed by atoms with Crippen LogP contribution in [0.15, 0.2) is 0 Å². The number of aliphatic hydroxyl groups is 5. The molecule has 2 aliphatic heterocycles. The first-order chi connectivity index (χ1) is 57.6. The molecule has 2 rings (SSSR count). The van der Waals surface area contributed by atoms with Crippen LogP contribution in [-0.2, 0) is 71.0 Å². The summed E-state index contributed by atoms with van der Waals surface area (Å²) in [6, 6.07) is -3.47. The fraction of sp³-hybridized carbons (Fsp3) is 0.936. The summed E-state index contributed by atoms with van der Waals surface area (Å²) in [5.74, 6) is -4.56. The molecular weight excluding hydrogens is 1540 g/mol. The van der Waals surface area contributed by atoms with Gasteiger partial charge in [0.1, 0.15) is 48.7 Å². The van der Waals surface area contributed by atoms with Crippen molar-refractivity contribution in [3.8, 4) is 0 Å². The Balaban J connectivity index is 2.73. The van der Waals surface area contributed by atoms with Gasteiger partial charge in [0.25, 0.3) is 0 Å². The van der Waals surface area contributed by atoms with Crippen LogP contribution < -0.4 is 10.6 Å². The Kier molecular flexibility index (Phi) is 70.2. The van der Waals surface area contributed by atoms with Crippen LogP contribution in [0.1, 0.15) is 465 Å². The number of hydrogen-bond acceptors (Lipinski definition) is 20. The van der Waals surface area contributed by atoms with Gasteiger partial charge in [0.15, 0.2) is 24.8 Å². The topological polar surface area (TPSA) is 359 Å². The molecule has 2 fully saturated rings. The van der Waals surface area contributed by atoms with E-state index in [0.717, 1.165) is 205 Å². The Morgan fingerprint density at radius 1 is 0.353 bits per heavy atom. The molecule has 0 aromatic heterocycles. The fourth-order valence-corrected chi connectivity index (χ4v) is 16.9. The maximum atomic E-state index is 15.1. The van der Waals surface area contributed by atoms with Gasteiger partial charge in [0.2, 0.25) is 11.8 Å². The third-order valence-electron chi connectivity index (χ3n) is 23.6. The summed E-state index contributed by atoms with van der Waals surface area (Å²) in [6.07, 6.45) is 38.1. The molecule has 0 spiro atoms. The molecule has 2 saturated heterocycles. The average molecular weight is 1720 g/mol. The number of unbranched alkanes of at least 4 members (excludes halogenated alkanes) is 50. The predicted octanol–water partition coefficient (Wildman–Crippen LogP) is 20.5. The van der Waals surface area contributed by atoms with Crippen LogP contribution in [0.5, 0.6) is 0 Å².